The minimum Gasteiger partial charge on any atom is -0.347 e. The van der Waals surface area contributed by atoms with Gasteiger partial charge in [-0.1, -0.05) is 0 Å². The molecule has 0 saturated carbocycles. The first kappa shape index (κ1) is 5.03. The van der Waals surface area contributed by atoms with Gasteiger partial charge >= 0.3 is 0 Å². The summed E-state index contributed by atoms with van der Waals surface area (Å²) in [7, 11) is 0. The number of morpholine rings is 1. The topological polar surface area (TPSA) is 41.2 Å². The summed E-state index contributed by atoms with van der Waals surface area (Å²) in [5.41, 5.74) is 0. The van der Waals surface area contributed by atoms with E-state index in [1.807, 2.05) is 0 Å². The molecule has 41 valence electrons. The Hall–Kier alpha value is -0.120. The van der Waals surface area contributed by atoms with Gasteiger partial charge in [0.25, 0.3) is 0 Å². The minimum absolute atomic E-state index is 0.458. The van der Waals surface area contributed by atoms with Crippen LogP contribution >= 0.6 is 0 Å². The maximum atomic E-state index is 10.3. The van der Waals surface area contributed by atoms with Gasteiger partial charge in [0.1, 0.15) is 0 Å². The van der Waals surface area contributed by atoms with Gasteiger partial charge in [0.15, 0.2) is 0 Å². The summed E-state index contributed by atoms with van der Waals surface area (Å²) in [5.74, 6) is 0. The van der Waals surface area contributed by atoms with E-state index in [-0.39, 0.29) is 0 Å². The van der Waals surface area contributed by atoms with E-state index < -0.39 is 6.29 Å². The van der Waals surface area contributed by atoms with Crippen molar-refractivity contribution in [2.45, 2.75) is 6.29 Å². The van der Waals surface area contributed by atoms with Crippen LogP contribution in [0.1, 0.15) is 0 Å². The lowest BCUT2D eigenvalue weighted by molar-refractivity contribution is -0.150. The number of hydrogen-bond donors (Lipinski definition) is 1. The molecule has 7 heavy (non-hydrogen) atoms. The Balaban J connectivity index is 2.12. The summed E-state index contributed by atoms with van der Waals surface area (Å²) in [4.78, 5) is 0. The zero-order valence-electron chi connectivity index (χ0n) is 4.02. The second-order valence-electron chi connectivity index (χ2n) is 1.50. The Bertz CT molecular complexity index is 51.7. The molecule has 0 amide bonds. The Labute approximate surface area is 42.3 Å². The fourth-order valence-electron chi connectivity index (χ4n) is 0.541. The normalized spacial score (nSPS) is 33.0. The molecule has 0 aromatic heterocycles. The average Bonchev–Trinajstić information content (AvgIpc) is 1.69. The molecule has 1 atom stereocenters. The van der Waals surface area contributed by atoms with Crippen LogP contribution in [0.3, 0.4) is 0 Å². The lowest BCUT2D eigenvalue weighted by Crippen LogP contribution is -2.37. The second kappa shape index (κ2) is 2.26. The van der Waals surface area contributed by atoms with Crippen LogP contribution in [0.2, 0.25) is 0 Å². The van der Waals surface area contributed by atoms with E-state index in [1.165, 1.54) is 0 Å². The zero-order valence-corrected chi connectivity index (χ0v) is 4.02. The number of rotatable bonds is 0. The molecule has 1 rings (SSSR count). The predicted molar refractivity (Wildman–Crippen MR) is 23.3 cm³/mol. The van der Waals surface area contributed by atoms with Crippen LogP contribution in [-0.2, 0) is 9.84 Å². The van der Waals surface area contributed by atoms with E-state index in [0.717, 1.165) is 6.54 Å². The molecule has 1 fully saturated rings. The van der Waals surface area contributed by atoms with Gasteiger partial charge in [0.2, 0.25) is 6.29 Å². The van der Waals surface area contributed by atoms with E-state index in [2.05, 4.69) is 10.1 Å². The van der Waals surface area contributed by atoms with Crippen molar-refractivity contribution in [3.8, 4) is 0 Å². The summed E-state index contributed by atoms with van der Waals surface area (Å²) in [6, 6.07) is 0. The third-order valence-corrected chi connectivity index (χ3v) is 0.894. The average molecular weight is 102 g/mol. The van der Waals surface area contributed by atoms with Gasteiger partial charge in [0.05, 0.1) is 6.61 Å². The second-order valence-corrected chi connectivity index (χ2v) is 1.50. The smallest absolute Gasteiger partial charge is 0.203 e. The number of ether oxygens (including phenoxy) is 1. The molecule has 1 N–H and O–H groups in total. The van der Waals surface area contributed by atoms with Crippen molar-refractivity contribution in [2.24, 2.45) is 0 Å². The SMILES string of the molecule is [O][C@@H]1CNCCO1. The van der Waals surface area contributed by atoms with Gasteiger partial charge < -0.3 is 10.1 Å². The fourth-order valence-corrected chi connectivity index (χ4v) is 0.541. The molecule has 0 unspecified atom stereocenters. The summed E-state index contributed by atoms with van der Waals surface area (Å²) >= 11 is 0. The maximum absolute atomic E-state index is 10.3. The van der Waals surface area contributed by atoms with Crippen LogP contribution < -0.4 is 5.32 Å². The molecule has 3 nitrogen and oxygen atoms in total. The third-order valence-electron chi connectivity index (χ3n) is 0.894. The molecule has 0 spiro atoms. The minimum atomic E-state index is -0.825. The van der Waals surface area contributed by atoms with Crippen molar-refractivity contribution in [1.82, 2.24) is 5.32 Å². The number of hydrogen-bond acceptors (Lipinski definition) is 2. The maximum Gasteiger partial charge on any atom is 0.203 e. The van der Waals surface area contributed by atoms with Crippen LogP contribution in [-0.4, -0.2) is 26.0 Å². The van der Waals surface area contributed by atoms with E-state index in [1.54, 1.807) is 0 Å². The van der Waals surface area contributed by atoms with Crippen molar-refractivity contribution in [3.63, 3.8) is 0 Å². The lowest BCUT2D eigenvalue weighted by Gasteiger charge is -2.15. The standard InChI is InChI=1S/C4H8NO2/c6-4-3-5-1-2-7-4/h4-5H,1-3H2/t4-/m0/s1. The summed E-state index contributed by atoms with van der Waals surface area (Å²) < 4.78 is 4.66. The first-order valence-electron chi connectivity index (χ1n) is 2.38. The Morgan fingerprint density at radius 1 is 1.71 bits per heavy atom. The molecule has 1 heterocycles. The fraction of sp³-hybridized carbons (Fsp3) is 1.00. The zero-order chi connectivity index (χ0) is 5.11. The molecule has 0 bridgehead atoms. The molecular weight excluding hydrogens is 94.0 g/mol. The largest absolute Gasteiger partial charge is 0.347 e. The highest BCUT2D eigenvalue weighted by Crippen LogP contribution is 1.88. The molecule has 3 heteroatoms. The summed E-state index contributed by atoms with van der Waals surface area (Å²) in [6.07, 6.45) is -0.825. The van der Waals surface area contributed by atoms with Crippen LogP contribution in [0.4, 0.5) is 0 Å². The van der Waals surface area contributed by atoms with Crippen LogP contribution in [0.15, 0.2) is 0 Å². The van der Waals surface area contributed by atoms with Gasteiger partial charge in [-0.15, -0.1) is 0 Å². The van der Waals surface area contributed by atoms with E-state index in [0.29, 0.717) is 13.2 Å². The van der Waals surface area contributed by atoms with Crippen LogP contribution in [0.5, 0.6) is 0 Å². The highest BCUT2D eigenvalue weighted by molar-refractivity contribution is 4.54. The van der Waals surface area contributed by atoms with Crippen LogP contribution in [0, 0.1) is 0 Å². The molecule has 0 aromatic rings. The predicted octanol–water partition coefficient (Wildman–Crippen LogP) is -0.637. The van der Waals surface area contributed by atoms with E-state index >= 15 is 0 Å². The van der Waals surface area contributed by atoms with Gasteiger partial charge in [0, 0.05) is 13.1 Å². The van der Waals surface area contributed by atoms with Gasteiger partial charge in [-0.05, 0) is 0 Å². The third kappa shape index (κ3) is 1.43. The first-order chi connectivity index (χ1) is 3.39. The van der Waals surface area contributed by atoms with Gasteiger partial charge in [-0.3, -0.25) is 0 Å². The molecule has 1 saturated heterocycles. The molecule has 0 aromatic carbocycles. The van der Waals surface area contributed by atoms with Crippen LogP contribution in [0.25, 0.3) is 0 Å². The number of nitrogens with one attached hydrogen (secondary N) is 1. The molecule has 1 aliphatic rings. The molecule has 1 radical (unpaired) electrons. The lowest BCUT2D eigenvalue weighted by atomic mass is 10.5. The summed E-state index contributed by atoms with van der Waals surface area (Å²) in [5, 5.41) is 13.2. The Morgan fingerprint density at radius 2 is 2.57 bits per heavy atom. The summed E-state index contributed by atoms with van der Waals surface area (Å²) in [6.45, 7) is 1.84. The first-order valence-corrected chi connectivity index (χ1v) is 2.38. The Morgan fingerprint density at radius 3 is 2.86 bits per heavy atom. The van der Waals surface area contributed by atoms with Crippen molar-refractivity contribution < 1.29 is 9.84 Å². The highest BCUT2D eigenvalue weighted by atomic mass is 16.6. The monoisotopic (exact) mass is 102 g/mol. The van der Waals surface area contributed by atoms with E-state index in [4.69, 9.17) is 0 Å². The van der Waals surface area contributed by atoms with E-state index in [9.17, 15) is 5.11 Å². The van der Waals surface area contributed by atoms with Crippen molar-refractivity contribution >= 4 is 0 Å². The molecule has 1 aliphatic heterocycles. The van der Waals surface area contributed by atoms with Crippen molar-refractivity contribution in [3.05, 3.63) is 0 Å². The molecular formula is C4H8NO2. The Kier molecular flexibility index (Phi) is 1.62. The quantitative estimate of drug-likeness (QED) is 0.442. The van der Waals surface area contributed by atoms with Crippen molar-refractivity contribution in [2.75, 3.05) is 19.7 Å². The van der Waals surface area contributed by atoms with Gasteiger partial charge in [-0.25, -0.2) is 5.11 Å². The van der Waals surface area contributed by atoms with Crippen molar-refractivity contribution in [1.29, 1.82) is 0 Å². The van der Waals surface area contributed by atoms with Gasteiger partial charge in [-0.2, -0.15) is 0 Å². The molecule has 0 aliphatic carbocycles. The highest BCUT2D eigenvalue weighted by Gasteiger charge is 2.08.